The largest absolute Gasteiger partial charge is 0.295 e. The molecule has 1 aliphatic carbocycles. The Labute approximate surface area is 101 Å². The molecule has 4 heteroatoms. The number of carbonyl (C=O) groups is 1. The highest BCUT2D eigenvalue weighted by Crippen LogP contribution is 2.28. The zero-order valence-electron chi connectivity index (χ0n) is 9.80. The first-order chi connectivity index (χ1) is 7.91. The minimum Gasteiger partial charge on any atom is -0.295 e. The van der Waals surface area contributed by atoms with Crippen LogP contribution in [0, 0.1) is 6.92 Å². The molecule has 0 bridgehead atoms. The van der Waals surface area contributed by atoms with Crippen molar-refractivity contribution in [3.05, 3.63) is 41.5 Å². The van der Waals surface area contributed by atoms with Crippen molar-refractivity contribution in [2.75, 3.05) is 0 Å². The molecular formula is C13H14O3S. The van der Waals surface area contributed by atoms with Gasteiger partial charge in [-0.3, -0.25) is 4.79 Å². The number of hydrogen-bond acceptors (Lipinski definition) is 3. The molecule has 0 fully saturated rings. The Hall–Kier alpha value is -1.42. The summed E-state index contributed by atoms with van der Waals surface area (Å²) in [6.07, 6.45) is 1.50. The summed E-state index contributed by atoms with van der Waals surface area (Å²) in [6.45, 7) is 3.60. The van der Waals surface area contributed by atoms with Crippen molar-refractivity contribution >= 4 is 15.6 Å². The molecule has 0 radical (unpaired) electrons. The summed E-state index contributed by atoms with van der Waals surface area (Å²) in [7, 11) is -3.43. The van der Waals surface area contributed by atoms with E-state index in [-0.39, 0.29) is 17.1 Å². The van der Waals surface area contributed by atoms with Crippen LogP contribution in [0.5, 0.6) is 0 Å². The summed E-state index contributed by atoms with van der Waals surface area (Å²) >= 11 is 0. The number of benzene rings is 1. The Bertz CT molecular complexity index is 580. The number of aryl methyl sites for hydroxylation is 1. The van der Waals surface area contributed by atoms with Gasteiger partial charge in [-0.25, -0.2) is 8.42 Å². The van der Waals surface area contributed by atoms with Crippen molar-refractivity contribution in [1.82, 2.24) is 0 Å². The molecule has 0 amide bonds. The van der Waals surface area contributed by atoms with E-state index in [4.69, 9.17) is 0 Å². The van der Waals surface area contributed by atoms with Crippen LogP contribution in [-0.4, -0.2) is 19.5 Å². The molecule has 0 N–H and O–H groups in total. The van der Waals surface area contributed by atoms with Crippen LogP contribution >= 0.6 is 0 Å². The minimum absolute atomic E-state index is 0.0715. The van der Waals surface area contributed by atoms with Gasteiger partial charge in [-0.2, -0.15) is 0 Å². The summed E-state index contributed by atoms with van der Waals surface area (Å²) in [5.41, 5.74) is 1.65. The van der Waals surface area contributed by atoms with E-state index in [9.17, 15) is 13.2 Å². The molecular weight excluding hydrogens is 236 g/mol. The molecule has 0 aromatic heterocycles. The summed E-state index contributed by atoms with van der Waals surface area (Å²) in [6, 6.07) is 6.73. The van der Waals surface area contributed by atoms with E-state index < -0.39 is 15.1 Å². The average molecular weight is 250 g/mol. The number of rotatable bonds is 2. The third kappa shape index (κ3) is 2.17. The van der Waals surface area contributed by atoms with E-state index in [1.807, 2.05) is 6.92 Å². The number of sulfone groups is 1. The van der Waals surface area contributed by atoms with Crippen molar-refractivity contribution in [3.63, 3.8) is 0 Å². The summed E-state index contributed by atoms with van der Waals surface area (Å²) in [4.78, 5) is 11.5. The maximum Gasteiger partial charge on any atom is 0.185 e. The predicted molar refractivity (Wildman–Crippen MR) is 65.5 cm³/mol. The Balaban J connectivity index is 2.41. The Kier molecular flexibility index (Phi) is 2.91. The van der Waals surface area contributed by atoms with Crippen LogP contribution in [0.3, 0.4) is 0 Å². The molecule has 0 aliphatic heterocycles. The monoisotopic (exact) mass is 250 g/mol. The molecule has 3 nitrogen and oxygen atoms in total. The van der Waals surface area contributed by atoms with Gasteiger partial charge in [0.1, 0.15) is 0 Å². The lowest BCUT2D eigenvalue weighted by Crippen LogP contribution is -2.21. The molecule has 1 aliphatic rings. The molecule has 1 unspecified atom stereocenters. The smallest absolute Gasteiger partial charge is 0.185 e. The van der Waals surface area contributed by atoms with Gasteiger partial charge >= 0.3 is 0 Å². The molecule has 1 aromatic carbocycles. The van der Waals surface area contributed by atoms with Gasteiger partial charge in [-0.05, 0) is 32.1 Å². The quantitative estimate of drug-likeness (QED) is 0.807. The first-order valence-electron chi connectivity index (χ1n) is 5.43. The highest BCUT2D eigenvalue weighted by atomic mass is 32.2. The normalized spacial score (nSPS) is 20.5. The third-order valence-corrected chi connectivity index (χ3v) is 5.22. The first-order valence-corrected chi connectivity index (χ1v) is 6.97. The van der Waals surface area contributed by atoms with Gasteiger partial charge in [-0.1, -0.05) is 23.3 Å². The molecule has 0 heterocycles. The van der Waals surface area contributed by atoms with Crippen LogP contribution in [0.4, 0.5) is 0 Å². The van der Waals surface area contributed by atoms with E-state index in [0.29, 0.717) is 5.57 Å². The van der Waals surface area contributed by atoms with Gasteiger partial charge in [0, 0.05) is 6.42 Å². The van der Waals surface area contributed by atoms with Gasteiger partial charge in [0.25, 0.3) is 0 Å². The SMILES string of the molecule is CC1=CC(=O)CC1S(=O)(=O)c1ccc(C)cc1. The third-order valence-electron chi connectivity index (χ3n) is 3.01. The van der Waals surface area contributed by atoms with E-state index >= 15 is 0 Å². The van der Waals surface area contributed by atoms with Gasteiger partial charge < -0.3 is 0 Å². The second kappa shape index (κ2) is 4.11. The lowest BCUT2D eigenvalue weighted by molar-refractivity contribution is -0.113. The van der Waals surface area contributed by atoms with Crippen molar-refractivity contribution in [2.45, 2.75) is 30.4 Å². The fourth-order valence-corrected chi connectivity index (χ4v) is 3.78. The average Bonchev–Trinajstić information content (AvgIpc) is 2.59. The van der Waals surface area contributed by atoms with Crippen LogP contribution in [0.15, 0.2) is 40.8 Å². The maximum atomic E-state index is 12.3. The standard InChI is InChI=1S/C13H14O3S/c1-9-3-5-12(6-4-9)17(15,16)13-8-11(14)7-10(13)2/h3-7,13H,8H2,1-2H3. The van der Waals surface area contributed by atoms with Crippen LogP contribution in [-0.2, 0) is 14.6 Å². The number of carbonyl (C=O) groups excluding carboxylic acids is 1. The van der Waals surface area contributed by atoms with Crippen molar-refractivity contribution in [1.29, 1.82) is 0 Å². The van der Waals surface area contributed by atoms with Gasteiger partial charge in [-0.15, -0.1) is 0 Å². The molecule has 2 rings (SSSR count). The lowest BCUT2D eigenvalue weighted by atomic mass is 10.2. The summed E-state index contributed by atoms with van der Waals surface area (Å²) < 4.78 is 24.6. The maximum absolute atomic E-state index is 12.3. The lowest BCUT2D eigenvalue weighted by Gasteiger charge is -2.12. The Morgan fingerprint density at radius 1 is 1.12 bits per heavy atom. The molecule has 90 valence electrons. The van der Waals surface area contributed by atoms with Crippen LogP contribution in [0.2, 0.25) is 0 Å². The fraction of sp³-hybridized carbons (Fsp3) is 0.308. The Morgan fingerprint density at radius 2 is 1.71 bits per heavy atom. The summed E-state index contributed by atoms with van der Waals surface area (Å²) in [5, 5.41) is -0.683. The van der Waals surface area contributed by atoms with Gasteiger partial charge in [0.2, 0.25) is 0 Å². The molecule has 1 atom stereocenters. The second-order valence-corrected chi connectivity index (χ2v) is 6.54. The van der Waals surface area contributed by atoms with Crippen LogP contribution in [0.1, 0.15) is 18.9 Å². The van der Waals surface area contributed by atoms with Crippen molar-refractivity contribution in [2.24, 2.45) is 0 Å². The van der Waals surface area contributed by atoms with Crippen molar-refractivity contribution < 1.29 is 13.2 Å². The molecule has 0 spiro atoms. The fourth-order valence-electron chi connectivity index (χ4n) is 2.00. The minimum atomic E-state index is -3.43. The number of hydrogen-bond donors (Lipinski definition) is 0. The highest BCUT2D eigenvalue weighted by molar-refractivity contribution is 7.92. The molecule has 17 heavy (non-hydrogen) atoms. The van der Waals surface area contributed by atoms with Crippen molar-refractivity contribution in [3.8, 4) is 0 Å². The predicted octanol–water partition coefficient (Wildman–Crippen LogP) is 2.06. The topological polar surface area (TPSA) is 51.2 Å². The van der Waals surface area contributed by atoms with Crippen LogP contribution in [0.25, 0.3) is 0 Å². The van der Waals surface area contributed by atoms with E-state index in [1.165, 1.54) is 6.08 Å². The highest BCUT2D eigenvalue weighted by Gasteiger charge is 2.34. The summed E-state index contributed by atoms with van der Waals surface area (Å²) in [5.74, 6) is -0.108. The van der Waals surface area contributed by atoms with E-state index in [2.05, 4.69) is 0 Å². The van der Waals surface area contributed by atoms with E-state index in [0.717, 1.165) is 5.56 Å². The molecule has 1 aromatic rings. The van der Waals surface area contributed by atoms with Gasteiger partial charge in [0.15, 0.2) is 15.6 Å². The number of allylic oxidation sites excluding steroid dienone is 1. The van der Waals surface area contributed by atoms with Crippen LogP contribution < -0.4 is 0 Å². The van der Waals surface area contributed by atoms with E-state index in [1.54, 1.807) is 31.2 Å². The zero-order chi connectivity index (χ0) is 12.6. The zero-order valence-corrected chi connectivity index (χ0v) is 10.6. The Morgan fingerprint density at radius 3 is 2.18 bits per heavy atom. The van der Waals surface area contributed by atoms with Gasteiger partial charge in [0.05, 0.1) is 10.1 Å². The molecule has 0 saturated heterocycles. The number of ketones is 1. The first kappa shape index (κ1) is 12.0. The second-order valence-electron chi connectivity index (χ2n) is 4.41. The molecule has 0 saturated carbocycles.